The molecule has 8 heteroatoms. The summed E-state index contributed by atoms with van der Waals surface area (Å²) in [6.07, 6.45) is 0. The van der Waals surface area contributed by atoms with Crippen molar-refractivity contribution in [3.8, 4) is 0 Å². The lowest BCUT2D eigenvalue weighted by Gasteiger charge is -2.07. The van der Waals surface area contributed by atoms with Gasteiger partial charge >= 0.3 is 0 Å². The molecule has 0 saturated heterocycles. The van der Waals surface area contributed by atoms with Gasteiger partial charge in [-0.1, -0.05) is 53.8 Å². The minimum absolute atomic E-state index is 0.0275. The molecule has 0 saturated carbocycles. The highest BCUT2D eigenvalue weighted by molar-refractivity contribution is 7.99. The maximum Gasteiger partial charge on any atom is 0.286 e. The molecular formula is C21H22N4O2S2. The number of para-hydroxylation sites is 1. The topological polar surface area (TPSA) is 84.0 Å². The van der Waals surface area contributed by atoms with Gasteiger partial charge in [0.1, 0.15) is 5.01 Å². The highest BCUT2D eigenvalue weighted by Gasteiger charge is 2.14. The lowest BCUT2D eigenvalue weighted by Crippen LogP contribution is -2.24. The van der Waals surface area contributed by atoms with Crippen molar-refractivity contribution < 1.29 is 9.59 Å². The minimum Gasteiger partial charge on any atom is -0.351 e. The standard InChI is InChI=1S/C21H22N4O2S2/c1-14-7-3-5-9-16(14)11-22-18(26)12-28-13-19-24-25-21(29-19)20(27)23-17-10-6-4-8-15(17)2/h3-10H,11-13H2,1-2H3,(H,22,26)(H,23,27). The summed E-state index contributed by atoms with van der Waals surface area (Å²) >= 11 is 2.69. The molecule has 2 aromatic carbocycles. The Bertz CT molecular complexity index is 1000. The Balaban J connectivity index is 1.43. The summed E-state index contributed by atoms with van der Waals surface area (Å²) < 4.78 is 0. The molecule has 0 unspecified atom stereocenters. The molecule has 0 spiro atoms. The zero-order valence-corrected chi connectivity index (χ0v) is 17.9. The van der Waals surface area contributed by atoms with E-state index in [1.165, 1.54) is 23.1 Å². The van der Waals surface area contributed by atoms with E-state index in [2.05, 4.69) is 20.8 Å². The Kier molecular flexibility index (Phi) is 7.37. The molecule has 0 aliphatic carbocycles. The Labute approximate surface area is 178 Å². The number of rotatable bonds is 8. The van der Waals surface area contributed by atoms with Crippen LogP contribution in [-0.4, -0.2) is 27.8 Å². The second-order valence-electron chi connectivity index (χ2n) is 6.47. The number of nitrogens with zero attached hydrogens (tertiary/aromatic N) is 2. The van der Waals surface area contributed by atoms with Gasteiger partial charge in [-0.3, -0.25) is 9.59 Å². The summed E-state index contributed by atoms with van der Waals surface area (Å²) in [4.78, 5) is 24.4. The number of nitrogens with one attached hydrogen (secondary N) is 2. The van der Waals surface area contributed by atoms with Crippen molar-refractivity contribution in [1.29, 1.82) is 0 Å². The number of aromatic nitrogens is 2. The lowest BCUT2D eigenvalue weighted by atomic mass is 10.1. The normalized spacial score (nSPS) is 10.6. The van der Waals surface area contributed by atoms with Crippen LogP contribution < -0.4 is 10.6 Å². The Morgan fingerprint density at radius 3 is 2.48 bits per heavy atom. The molecule has 1 heterocycles. The van der Waals surface area contributed by atoms with E-state index in [0.29, 0.717) is 23.1 Å². The molecule has 150 valence electrons. The van der Waals surface area contributed by atoms with Crippen LogP contribution in [0.2, 0.25) is 0 Å². The predicted octanol–water partition coefficient (Wildman–Crippen LogP) is 3.96. The van der Waals surface area contributed by atoms with E-state index in [1.807, 2.05) is 62.4 Å². The van der Waals surface area contributed by atoms with Crippen molar-refractivity contribution in [2.24, 2.45) is 0 Å². The summed E-state index contributed by atoms with van der Waals surface area (Å²) in [7, 11) is 0. The molecule has 0 aliphatic heterocycles. The number of hydrogen-bond donors (Lipinski definition) is 2. The molecule has 3 aromatic rings. The van der Waals surface area contributed by atoms with E-state index in [4.69, 9.17) is 0 Å². The first-order valence-electron chi connectivity index (χ1n) is 9.11. The van der Waals surface area contributed by atoms with Gasteiger partial charge in [0.05, 0.1) is 5.75 Å². The second-order valence-corrected chi connectivity index (χ2v) is 8.51. The number of thioether (sulfide) groups is 1. The molecule has 0 atom stereocenters. The first kappa shape index (κ1) is 21.0. The number of hydrogen-bond acceptors (Lipinski definition) is 6. The number of anilines is 1. The fourth-order valence-electron chi connectivity index (χ4n) is 2.58. The molecule has 0 radical (unpaired) electrons. The third kappa shape index (κ3) is 6.13. The van der Waals surface area contributed by atoms with Crippen LogP contribution in [0.3, 0.4) is 0 Å². The Morgan fingerprint density at radius 1 is 1.00 bits per heavy atom. The van der Waals surface area contributed by atoms with Gasteiger partial charge in [0.15, 0.2) is 0 Å². The van der Waals surface area contributed by atoms with Gasteiger partial charge in [0.25, 0.3) is 5.91 Å². The second kappa shape index (κ2) is 10.2. The maximum atomic E-state index is 12.3. The van der Waals surface area contributed by atoms with E-state index in [9.17, 15) is 9.59 Å². The lowest BCUT2D eigenvalue weighted by molar-refractivity contribution is -0.118. The number of aryl methyl sites for hydroxylation is 2. The van der Waals surface area contributed by atoms with Crippen LogP contribution in [0.5, 0.6) is 0 Å². The van der Waals surface area contributed by atoms with Gasteiger partial charge < -0.3 is 10.6 Å². The van der Waals surface area contributed by atoms with E-state index in [1.54, 1.807) is 0 Å². The summed E-state index contributed by atoms with van der Waals surface area (Å²) in [6, 6.07) is 15.5. The molecule has 0 aliphatic rings. The van der Waals surface area contributed by atoms with Crippen molar-refractivity contribution >= 4 is 40.6 Å². The molecule has 0 bridgehead atoms. The summed E-state index contributed by atoms with van der Waals surface area (Å²) in [6.45, 7) is 4.48. The summed E-state index contributed by atoms with van der Waals surface area (Å²) in [5.74, 6) is 0.563. The molecule has 2 amide bonds. The van der Waals surface area contributed by atoms with Gasteiger partial charge in [0.2, 0.25) is 10.9 Å². The van der Waals surface area contributed by atoms with Crippen LogP contribution in [0.4, 0.5) is 5.69 Å². The highest BCUT2D eigenvalue weighted by atomic mass is 32.2. The van der Waals surface area contributed by atoms with Gasteiger partial charge in [-0.15, -0.1) is 22.0 Å². The first-order chi connectivity index (χ1) is 14.0. The monoisotopic (exact) mass is 426 g/mol. The van der Waals surface area contributed by atoms with Gasteiger partial charge in [-0.05, 0) is 36.6 Å². The molecule has 3 rings (SSSR count). The van der Waals surface area contributed by atoms with E-state index in [-0.39, 0.29) is 11.8 Å². The SMILES string of the molecule is Cc1ccccc1CNC(=O)CSCc1nnc(C(=O)Nc2ccccc2C)s1. The molecule has 1 aromatic heterocycles. The maximum absolute atomic E-state index is 12.3. The summed E-state index contributed by atoms with van der Waals surface area (Å²) in [5.41, 5.74) is 4.01. The smallest absolute Gasteiger partial charge is 0.286 e. The van der Waals surface area contributed by atoms with Gasteiger partial charge in [0, 0.05) is 18.0 Å². The fraction of sp³-hybridized carbons (Fsp3) is 0.238. The van der Waals surface area contributed by atoms with Gasteiger partial charge in [-0.2, -0.15) is 0 Å². The molecular weight excluding hydrogens is 404 g/mol. The fourth-order valence-corrected chi connectivity index (χ4v) is 4.21. The third-order valence-corrected chi connectivity index (χ3v) is 6.30. The van der Waals surface area contributed by atoms with Crippen molar-refractivity contribution in [3.63, 3.8) is 0 Å². The van der Waals surface area contributed by atoms with Crippen LogP contribution in [0.15, 0.2) is 48.5 Å². The number of carbonyl (C=O) groups excluding carboxylic acids is 2. The van der Waals surface area contributed by atoms with Crippen LogP contribution >= 0.6 is 23.1 Å². The molecule has 2 N–H and O–H groups in total. The van der Waals surface area contributed by atoms with Crippen molar-refractivity contribution in [2.45, 2.75) is 26.1 Å². The van der Waals surface area contributed by atoms with Crippen molar-refractivity contribution in [2.75, 3.05) is 11.1 Å². The summed E-state index contributed by atoms with van der Waals surface area (Å²) in [5, 5.41) is 14.8. The Hall–Kier alpha value is -2.71. The zero-order valence-electron chi connectivity index (χ0n) is 16.3. The largest absolute Gasteiger partial charge is 0.351 e. The van der Waals surface area contributed by atoms with E-state index < -0.39 is 0 Å². The average Bonchev–Trinajstić information content (AvgIpc) is 3.18. The van der Waals surface area contributed by atoms with E-state index in [0.717, 1.165) is 27.4 Å². The van der Waals surface area contributed by atoms with Crippen molar-refractivity contribution in [1.82, 2.24) is 15.5 Å². The average molecular weight is 427 g/mol. The third-order valence-electron chi connectivity index (χ3n) is 4.25. The first-order valence-corrected chi connectivity index (χ1v) is 11.1. The quantitative estimate of drug-likeness (QED) is 0.570. The predicted molar refractivity (Wildman–Crippen MR) is 118 cm³/mol. The van der Waals surface area contributed by atoms with Gasteiger partial charge in [-0.25, -0.2) is 0 Å². The van der Waals surface area contributed by atoms with Crippen LogP contribution in [0.1, 0.15) is 31.5 Å². The Morgan fingerprint density at radius 2 is 1.72 bits per heavy atom. The molecule has 29 heavy (non-hydrogen) atoms. The number of benzene rings is 2. The number of amides is 2. The highest BCUT2D eigenvalue weighted by Crippen LogP contribution is 2.19. The van der Waals surface area contributed by atoms with Crippen molar-refractivity contribution in [3.05, 3.63) is 75.2 Å². The van der Waals surface area contributed by atoms with Crippen LogP contribution in [-0.2, 0) is 17.1 Å². The van der Waals surface area contributed by atoms with E-state index >= 15 is 0 Å². The molecule has 0 fully saturated rings. The van der Waals surface area contributed by atoms with Crippen LogP contribution in [0.25, 0.3) is 0 Å². The van der Waals surface area contributed by atoms with Crippen LogP contribution in [0, 0.1) is 13.8 Å². The number of carbonyl (C=O) groups is 2. The molecule has 6 nitrogen and oxygen atoms in total. The minimum atomic E-state index is -0.274. The zero-order chi connectivity index (χ0) is 20.6.